The molecule has 1 unspecified atom stereocenters. The SMILES string of the molecule is CCC(C)N(CC(=O)O)CC(=O)NC1CCOCC1. The van der Waals surface area contributed by atoms with E-state index in [9.17, 15) is 9.59 Å². The lowest BCUT2D eigenvalue weighted by atomic mass is 10.1. The molecule has 19 heavy (non-hydrogen) atoms. The summed E-state index contributed by atoms with van der Waals surface area (Å²) in [4.78, 5) is 24.4. The number of rotatable bonds is 7. The van der Waals surface area contributed by atoms with Crippen LogP contribution in [0, 0.1) is 0 Å². The van der Waals surface area contributed by atoms with Crippen LogP contribution >= 0.6 is 0 Å². The molecule has 110 valence electrons. The monoisotopic (exact) mass is 272 g/mol. The van der Waals surface area contributed by atoms with E-state index in [2.05, 4.69) is 5.32 Å². The van der Waals surface area contributed by atoms with Gasteiger partial charge < -0.3 is 15.2 Å². The van der Waals surface area contributed by atoms with E-state index < -0.39 is 5.97 Å². The first kappa shape index (κ1) is 15.9. The van der Waals surface area contributed by atoms with Gasteiger partial charge in [-0.05, 0) is 26.2 Å². The van der Waals surface area contributed by atoms with Gasteiger partial charge in [0.05, 0.1) is 13.1 Å². The third-order valence-electron chi connectivity index (χ3n) is 3.49. The van der Waals surface area contributed by atoms with E-state index in [-0.39, 0.29) is 31.1 Å². The lowest BCUT2D eigenvalue weighted by Crippen LogP contribution is -2.47. The fraction of sp³-hybridized carbons (Fsp3) is 0.846. The van der Waals surface area contributed by atoms with Gasteiger partial charge in [-0.15, -0.1) is 0 Å². The zero-order valence-corrected chi connectivity index (χ0v) is 11.7. The number of carboxylic acids is 1. The first-order valence-electron chi connectivity index (χ1n) is 6.85. The molecule has 0 aromatic carbocycles. The van der Waals surface area contributed by atoms with Gasteiger partial charge >= 0.3 is 5.97 Å². The summed E-state index contributed by atoms with van der Waals surface area (Å²) in [5.74, 6) is -1.01. The third-order valence-corrected chi connectivity index (χ3v) is 3.49. The molecule has 6 heteroatoms. The molecule has 1 fully saturated rings. The van der Waals surface area contributed by atoms with Gasteiger partial charge in [0, 0.05) is 25.3 Å². The van der Waals surface area contributed by atoms with Crippen LogP contribution in [0.4, 0.5) is 0 Å². The number of carbonyl (C=O) groups excluding carboxylic acids is 1. The maximum atomic E-state index is 11.9. The molecule has 1 aliphatic rings. The molecule has 0 radical (unpaired) electrons. The minimum absolute atomic E-state index is 0.0801. The first-order valence-corrected chi connectivity index (χ1v) is 6.85. The Bertz CT molecular complexity index is 303. The number of amides is 1. The zero-order valence-electron chi connectivity index (χ0n) is 11.7. The molecule has 6 nitrogen and oxygen atoms in total. The summed E-state index contributed by atoms with van der Waals surface area (Å²) in [5.41, 5.74) is 0. The number of nitrogens with zero attached hydrogens (tertiary/aromatic N) is 1. The van der Waals surface area contributed by atoms with Gasteiger partial charge in [0.15, 0.2) is 0 Å². The summed E-state index contributed by atoms with van der Waals surface area (Å²) in [7, 11) is 0. The molecule has 1 atom stereocenters. The minimum Gasteiger partial charge on any atom is -0.480 e. The molecule has 1 amide bonds. The molecule has 2 N–H and O–H groups in total. The lowest BCUT2D eigenvalue weighted by Gasteiger charge is -2.28. The molecule has 0 saturated carbocycles. The summed E-state index contributed by atoms with van der Waals surface area (Å²) >= 11 is 0. The molecular weight excluding hydrogens is 248 g/mol. The maximum absolute atomic E-state index is 11.9. The van der Waals surface area contributed by atoms with E-state index in [0.717, 1.165) is 19.3 Å². The zero-order chi connectivity index (χ0) is 14.3. The summed E-state index contributed by atoms with van der Waals surface area (Å²) in [5, 5.41) is 11.8. The number of hydrogen-bond acceptors (Lipinski definition) is 4. The van der Waals surface area contributed by atoms with Crippen molar-refractivity contribution in [1.82, 2.24) is 10.2 Å². The van der Waals surface area contributed by atoms with Crippen molar-refractivity contribution in [1.29, 1.82) is 0 Å². The Morgan fingerprint density at radius 1 is 1.37 bits per heavy atom. The van der Waals surface area contributed by atoms with Crippen molar-refractivity contribution < 1.29 is 19.4 Å². The number of aliphatic carboxylic acids is 1. The van der Waals surface area contributed by atoms with Gasteiger partial charge in [0.2, 0.25) is 5.91 Å². The van der Waals surface area contributed by atoms with Crippen LogP contribution in [-0.2, 0) is 14.3 Å². The highest BCUT2D eigenvalue weighted by atomic mass is 16.5. The van der Waals surface area contributed by atoms with Gasteiger partial charge in [-0.3, -0.25) is 14.5 Å². The Labute approximate surface area is 114 Å². The quantitative estimate of drug-likeness (QED) is 0.704. The van der Waals surface area contributed by atoms with Gasteiger partial charge in [-0.1, -0.05) is 6.92 Å². The molecule has 0 aromatic heterocycles. The summed E-state index contributed by atoms with van der Waals surface area (Å²) in [6.45, 7) is 5.31. The van der Waals surface area contributed by atoms with Gasteiger partial charge in [0.1, 0.15) is 0 Å². The average Bonchev–Trinajstić information content (AvgIpc) is 2.37. The van der Waals surface area contributed by atoms with Crippen LogP contribution < -0.4 is 5.32 Å². The van der Waals surface area contributed by atoms with E-state index in [4.69, 9.17) is 9.84 Å². The Morgan fingerprint density at radius 2 is 2.00 bits per heavy atom. The number of nitrogens with one attached hydrogen (secondary N) is 1. The summed E-state index contributed by atoms with van der Waals surface area (Å²) < 4.78 is 5.23. The first-order chi connectivity index (χ1) is 9.02. The molecule has 0 aromatic rings. The molecule has 0 bridgehead atoms. The van der Waals surface area contributed by atoms with E-state index in [0.29, 0.717) is 13.2 Å². The van der Waals surface area contributed by atoms with Crippen LogP contribution in [0.5, 0.6) is 0 Å². The Morgan fingerprint density at radius 3 is 2.53 bits per heavy atom. The molecule has 0 aliphatic carbocycles. The van der Waals surface area contributed by atoms with Crippen LogP contribution in [0.25, 0.3) is 0 Å². The minimum atomic E-state index is -0.904. The summed E-state index contributed by atoms with van der Waals surface area (Å²) in [6, 6.07) is 0.237. The predicted molar refractivity (Wildman–Crippen MR) is 70.9 cm³/mol. The Hall–Kier alpha value is -1.14. The van der Waals surface area contributed by atoms with Crippen LogP contribution in [0.2, 0.25) is 0 Å². The van der Waals surface area contributed by atoms with Crippen LogP contribution in [0.15, 0.2) is 0 Å². The average molecular weight is 272 g/mol. The van der Waals surface area contributed by atoms with Crippen molar-refractivity contribution in [2.24, 2.45) is 0 Å². The van der Waals surface area contributed by atoms with Gasteiger partial charge in [0.25, 0.3) is 0 Å². The second kappa shape index (κ2) is 8.12. The van der Waals surface area contributed by atoms with Crippen molar-refractivity contribution in [3.8, 4) is 0 Å². The number of carbonyl (C=O) groups is 2. The smallest absolute Gasteiger partial charge is 0.317 e. The fourth-order valence-corrected chi connectivity index (χ4v) is 2.10. The van der Waals surface area contributed by atoms with E-state index in [1.807, 2.05) is 13.8 Å². The number of carboxylic acid groups (broad SMARTS) is 1. The second-order valence-electron chi connectivity index (χ2n) is 5.01. The fourth-order valence-electron chi connectivity index (χ4n) is 2.10. The normalized spacial score (nSPS) is 18.3. The standard InChI is InChI=1S/C13H24N2O4/c1-3-10(2)15(9-13(17)18)8-12(16)14-11-4-6-19-7-5-11/h10-11H,3-9H2,1-2H3,(H,14,16)(H,17,18). The van der Waals surface area contributed by atoms with E-state index in [1.54, 1.807) is 4.90 Å². The molecule has 1 saturated heterocycles. The van der Waals surface area contributed by atoms with Gasteiger partial charge in [-0.25, -0.2) is 0 Å². The predicted octanol–water partition coefficient (Wildman–Crippen LogP) is 0.467. The highest BCUT2D eigenvalue weighted by Gasteiger charge is 2.21. The number of ether oxygens (including phenoxy) is 1. The maximum Gasteiger partial charge on any atom is 0.317 e. The highest BCUT2D eigenvalue weighted by Crippen LogP contribution is 2.07. The number of hydrogen-bond donors (Lipinski definition) is 2. The topological polar surface area (TPSA) is 78.9 Å². The Balaban J connectivity index is 2.43. The second-order valence-corrected chi connectivity index (χ2v) is 5.01. The molecule has 0 spiro atoms. The van der Waals surface area contributed by atoms with Crippen molar-refractivity contribution in [2.45, 2.75) is 45.2 Å². The van der Waals surface area contributed by atoms with E-state index >= 15 is 0 Å². The van der Waals surface area contributed by atoms with E-state index in [1.165, 1.54) is 0 Å². The van der Waals surface area contributed by atoms with Crippen LogP contribution in [-0.4, -0.2) is 60.3 Å². The molecule has 1 rings (SSSR count). The Kier molecular flexibility index (Phi) is 6.80. The van der Waals surface area contributed by atoms with Crippen molar-refractivity contribution in [3.05, 3.63) is 0 Å². The largest absolute Gasteiger partial charge is 0.480 e. The molecule has 1 heterocycles. The van der Waals surface area contributed by atoms with Crippen LogP contribution in [0.1, 0.15) is 33.1 Å². The van der Waals surface area contributed by atoms with Crippen molar-refractivity contribution >= 4 is 11.9 Å². The summed E-state index contributed by atoms with van der Waals surface area (Å²) in [6.07, 6.45) is 2.47. The van der Waals surface area contributed by atoms with Crippen LogP contribution in [0.3, 0.4) is 0 Å². The third kappa shape index (κ3) is 6.02. The lowest BCUT2D eigenvalue weighted by molar-refractivity contribution is -0.139. The van der Waals surface area contributed by atoms with Gasteiger partial charge in [-0.2, -0.15) is 0 Å². The molecule has 1 aliphatic heterocycles. The molecular formula is C13H24N2O4. The highest BCUT2D eigenvalue weighted by molar-refractivity contribution is 5.79. The van der Waals surface area contributed by atoms with Crippen molar-refractivity contribution in [3.63, 3.8) is 0 Å². The van der Waals surface area contributed by atoms with Crippen molar-refractivity contribution in [2.75, 3.05) is 26.3 Å².